The molecule has 1 atom stereocenters. The minimum absolute atomic E-state index is 0.0712. The molecule has 1 aliphatic heterocycles. The lowest BCUT2D eigenvalue weighted by atomic mass is 10.5. The summed E-state index contributed by atoms with van der Waals surface area (Å²) in [5.74, 6) is 0.0214. The van der Waals surface area contributed by atoms with E-state index in [0.29, 0.717) is 0 Å². The fourth-order valence-corrected chi connectivity index (χ4v) is 1.87. The summed E-state index contributed by atoms with van der Waals surface area (Å²) in [6.45, 7) is 0. The predicted octanol–water partition coefficient (Wildman–Crippen LogP) is 0.0321. The maximum absolute atomic E-state index is 11.4. The lowest BCUT2D eigenvalue weighted by molar-refractivity contribution is 0.552. The molecular weight excluding hydrogens is 194 g/mol. The van der Waals surface area contributed by atoms with Crippen molar-refractivity contribution in [3.8, 4) is 0 Å². The van der Waals surface area contributed by atoms with E-state index in [0.717, 1.165) is 6.34 Å². The average molecular weight is 199 g/mol. The van der Waals surface area contributed by atoms with Gasteiger partial charge in [0.25, 0.3) is 0 Å². The van der Waals surface area contributed by atoms with Crippen molar-refractivity contribution >= 4 is 28.0 Å². The Balaban J connectivity index is 2.89. The second kappa shape index (κ2) is 2.47. The van der Waals surface area contributed by atoms with Crippen molar-refractivity contribution in [2.75, 3.05) is 5.73 Å². The Hall–Kier alpha value is -1.54. The molecule has 8 heteroatoms. The van der Waals surface area contributed by atoms with Crippen molar-refractivity contribution in [2.24, 2.45) is 9.36 Å². The molecule has 0 saturated heterocycles. The first-order valence-corrected chi connectivity index (χ1v) is 4.70. The summed E-state index contributed by atoms with van der Waals surface area (Å²) in [4.78, 5) is 10.8. The molecule has 1 aromatic heterocycles. The van der Waals surface area contributed by atoms with Gasteiger partial charge in [0.2, 0.25) is 10.0 Å². The molecule has 0 bridgehead atoms. The van der Waals surface area contributed by atoms with E-state index >= 15 is 0 Å². The lowest BCUT2D eigenvalue weighted by Crippen LogP contribution is -2.09. The maximum Gasteiger partial charge on any atom is 0.204 e. The summed E-state index contributed by atoms with van der Waals surface area (Å²) in [6, 6.07) is 0. The Morgan fingerprint density at radius 2 is 2.23 bits per heavy atom. The number of hydrogen-bond acceptors (Lipinski definition) is 6. The van der Waals surface area contributed by atoms with E-state index in [2.05, 4.69) is 19.3 Å². The van der Waals surface area contributed by atoms with Crippen LogP contribution in [0.3, 0.4) is 0 Å². The molecule has 0 aliphatic carbocycles. The zero-order valence-electron chi connectivity index (χ0n) is 6.28. The normalized spacial score (nSPS) is 25.0. The molecule has 2 rings (SSSR count). The molecule has 0 spiro atoms. The van der Waals surface area contributed by atoms with E-state index in [1.165, 1.54) is 6.33 Å². The van der Waals surface area contributed by atoms with Crippen LogP contribution in [-0.4, -0.2) is 25.1 Å². The van der Waals surface area contributed by atoms with Crippen LogP contribution in [0.4, 0.5) is 11.6 Å². The second-order valence-corrected chi connectivity index (χ2v) is 3.87. The van der Waals surface area contributed by atoms with Crippen LogP contribution in [0.1, 0.15) is 0 Å². The highest BCUT2D eigenvalue weighted by atomic mass is 32.2. The van der Waals surface area contributed by atoms with Gasteiger partial charge in [-0.1, -0.05) is 0 Å². The van der Waals surface area contributed by atoms with Crippen LogP contribution in [-0.2, 0) is 10.0 Å². The molecule has 0 amide bonds. The molecule has 13 heavy (non-hydrogen) atoms. The standard InChI is InChI=1S/C5H5N5O2S/c6-4-3-5(8-1-7-4)9-2-10-13(3,11)12/h1-2H,(H3,6,7,8,9,10,11,12). The van der Waals surface area contributed by atoms with Crippen LogP contribution < -0.4 is 5.73 Å². The number of rotatable bonds is 0. The third-order valence-corrected chi connectivity index (χ3v) is 2.75. The molecule has 0 radical (unpaired) electrons. The van der Waals surface area contributed by atoms with Gasteiger partial charge in [0.05, 0.1) is 0 Å². The molecule has 3 N–H and O–H groups in total. The third kappa shape index (κ3) is 1.15. The lowest BCUT2D eigenvalue weighted by Gasteiger charge is -2.08. The van der Waals surface area contributed by atoms with Crippen LogP contribution in [0.2, 0.25) is 0 Å². The number of anilines is 1. The van der Waals surface area contributed by atoms with E-state index in [1.54, 1.807) is 0 Å². The molecule has 0 fully saturated rings. The van der Waals surface area contributed by atoms with E-state index in [1.807, 2.05) is 0 Å². The number of fused-ring (bicyclic) bond motifs is 1. The predicted molar refractivity (Wildman–Crippen MR) is 46.1 cm³/mol. The van der Waals surface area contributed by atoms with E-state index in [9.17, 15) is 8.76 Å². The number of nitrogen functional groups attached to an aromatic ring is 1. The van der Waals surface area contributed by atoms with Gasteiger partial charge >= 0.3 is 0 Å². The zero-order valence-corrected chi connectivity index (χ0v) is 7.10. The second-order valence-electron chi connectivity index (χ2n) is 2.26. The summed E-state index contributed by atoms with van der Waals surface area (Å²) in [5, 5.41) is 0. The van der Waals surface area contributed by atoms with Gasteiger partial charge in [-0.15, -0.1) is 0 Å². The quantitative estimate of drug-likeness (QED) is 0.611. The molecule has 7 nitrogen and oxygen atoms in total. The number of aliphatic imine (C=N–C) groups is 1. The van der Waals surface area contributed by atoms with Gasteiger partial charge in [0.15, 0.2) is 10.7 Å². The van der Waals surface area contributed by atoms with Gasteiger partial charge in [-0.3, -0.25) is 4.55 Å². The molecule has 1 aliphatic rings. The SMILES string of the molecule is Nc1ncnc2c1S(=O)(O)=NC=N2. The van der Waals surface area contributed by atoms with Crippen molar-refractivity contribution in [1.29, 1.82) is 0 Å². The molecular formula is C5H5N5O2S. The Morgan fingerprint density at radius 1 is 1.46 bits per heavy atom. The summed E-state index contributed by atoms with van der Waals surface area (Å²) in [7, 11) is -3.50. The minimum Gasteiger partial charge on any atom is -0.382 e. The van der Waals surface area contributed by atoms with Gasteiger partial charge in [0.1, 0.15) is 18.5 Å². The zero-order chi connectivity index (χ0) is 9.47. The highest BCUT2D eigenvalue weighted by molar-refractivity contribution is 7.88. The molecule has 0 aromatic carbocycles. The Kier molecular flexibility index (Phi) is 1.54. The van der Waals surface area contributed by atoms with E-state index < -0.39 is 10.0 Å². The van der Waals surface area contributed by atoms with Gasteiger partial charge in [-0.2, -0.15) is 4.36 Å². The fourth-order valence-electron chi connectivity index (χ4n) is 0.920. The van der Waals surface area contributed by atoms with Crippen LogP contribution >= 0.6 is 0 Å². The smallest absolute Gasteiger partial charge is 0.204 e. The van der Waals surface area contributed by atoms with E-state index in [-0.39, 0.29) is 16.5 Å². The maximum atomic E-state index is 11.4. The molecule has 2 heterocycles. The monoisotopic (exact) mass is 199 g/mol. The average Bonchev–Trinajstić information content (AvgIpc) is 2.02. The van der Waals surface area contributed by atoms with Crippen LogP contribution in [0.25, 0.3) is 0 Å². The van der Waals surface area contributed by atoms with Crippen LogP contribution in [0, 0.1) is 0 Å². The summed E-state index contributed by atoms with van der Waals surface area (Å²) >= 11 is 0. The highest BCUT2D eigenvalue weighted by Gasteiger charge is 2.21. The fraction of sp³-hybridized carbons (Fsp3) is 0. The number of hydrogen-bond donors (Lipinski definition) is 2. The topological polar surface area (TPSA) is 114 Å². The summed E-state index contributed by atoms with van der Waals surface area (Å²) < 4.78 is 24.0. The Bertz CT molecular complexity index is 502. The summed E-state index contributed by atoms with van der Waals surface area (Å²) in [5.41, 5.74) is 5.39. The van der Waals surface area contributed by atoms with Crippen molar-refractivity contribution in [3.63, 3.8) is 0 Å². The molecule has 1 unspecified atom stereocenters. The Morgan fingerprint density at radius 3 is 2.92 bits per heavy atom. The first-order chi connectivity index (χ1) is 6.11. The first-order valence-electron chi connectivity index (χ1n) is 3.23. The summed E-state index contributed by atoms with van der Waals surface area (Å²) in [6.07, 6.45) is 2.16. The molecule has 1 aromatic rings. The largest absolute Gasteiger partial charge is 0.382 e. The van der Waals surface area contributed by atoms with Crippen molar-refractivity contribution in [1.82, 2.24) is 9.97 Å². The van der Waals surface area contributed by atoms with Crippen LogP contribution in [0.5, 0.6) is 0 Å². The van der Waals surface area contributed by atoms with Crippen molar-refractivity contribution < 1.29 is 8.76 Å². The molecule has 0 saturated carbocycles. The number of aromatic nitrogens is 2. The minimum atomic E-state index is -3.50. The van der Waals surface area contributed by atoms with Crippen molar-refractivity contribution in [3.05, 3.63) is 6.33 Å². The third-order valence-electron chi connectivity index (χ3n) is 1.45. The van der Waals surface area contributed by atoms with E-state index in [4.69, 9.17) is 5.73 Å². The first kappa shape index (κ1) is 8.08. The van der Waals surface area contributed by atoms with Gasteiger partial charge in [-0.05, 0) is 0 Å². The van der Waals surface area contributed by atoms with Crippen LogP contribution in [0.15, 0.2) is 20.6 Å². The van der Waals surface area contributed by atoms with Gasteiger partial charge in [-0.25, -0.2) is 19.2 Å². The van der Waals surface area contributed by atoms with Gasteiger partial charge < -0.3 is 5.73 Å². The highest BCUT2D eigenvalue weighted by Crippen LogP contribution is 2.28. The number of nitrogens with zero attached hydrogens (tertiary/aromatic N) is 4. The molecule has 68 valence electrons. The number of nitrogens with two attached hydrogens (primary N) is 1. The van der Waals surface area contributed by atoms with Gasteiger partial charge in [0, 0.05) is 0 Å². The van der Waals surface area contributed by atoms with Crippen molar-refractivity contribution in [2.45, 2.75) is 4.90 Å². The Labute approximate surface area is 73.7 Å².